The van der Waals surface area contributed by atoms with E-state index in [0.717, 1.165) is 16.5 Å². The molecule has 1 atom stereocenters. The van der Waals surface area contributed by atoms with Crippen LogP contribution >= 0.6 is 15.9 Å². The average molecular weight is 350 g/mol. The molecule has 0 heterocycles. The minimum atomic E-state index is -3.46. The van der Waals surface area contributed by atoms with Crippen molar-refractivity contribution in [2.24, 2.45) is 5.92 Å². The van der Waals surface area contributed by atoms with E-state index in [0.29, 0.717) is 17.9 Å². The van der Waals surface area contributed by atoms with Gasteiger partial charge >= 0.3 is 0 Å². The lowest BCUT2D eigenvalue weighted by Gasteiger charge is -2.11. The summed E-state index contributed by atoms with van der Waals surface area (Å²) in [5.74, 6) is 0.206. The van der Waals surface area contributed by atoms with Gasteiger partial charge in [-0.05, 0) is 43.4 Å². The number of hydrogen-bond donors (Lipinski definition) is 2. The molecule has 0 amide bonds. The van der Waals surface area contributed by atoms with E-state index in [4.69, 9.17) is 5.11 Å². The van der Waals surface area contributed by atoms with Crippen molar-refractivity contribution >= 4 is 26.0 Å². The van der Waals surface area contributed by atoms with Crippen molar-refractivity contribution in [1.29, 1.82) is 0 Å². The van der Waals surface area contributed by atoms with Crippen LogP contribution in [0.4, 0.5) is 0 Å². The first-order chi connectivity index (χ1) is 8.86. The van der Waals surface area contributed by atoms with Crippen molar-refractivity contribution in [1.82, 2.24) is 4.72 Å². The molecule has 1 unspecified atom stereocenters. The van der Waals surface area contributed by atoms with Gasteiger partial charge in [0.05, 0.1) is 4.90 Å². The van der Waals surface area contributed by atoms with Gasteiger partial charge in [-0.2, -0.15) is 0 Å². The summed E-state index contributed by atoms with van der Waals surface area (Å²) in [7, 11) is -3.46. The number of aliphatic hydroxyl groups excluding tert-OH is 1. The highest BCUT2D eigenvalue weighted by Gasteiger charge is 2.16. The fourth-order valence-electron chi connectivity index (χ4n) is 1.69. The van der Waals surface area contributed by atoms with Gasteiger partial charge in [-0.1, -0.05) is 28.9 Å². The van der Waals surface area contributed by atoms with Crippen LogP contribution in [0.25, 0.3) is 0 Å². The number of aryl methyl sites for hydroxylation is 1. The van der Waals surface area contributed by atoms with Crippen LogP contribution in [0.5, 0.6) is 0 Å². The Bertz CT molecular complexity index is 517. The summed E-state index contributed by atoms with van der Waals surface area (Å²) in [6.07, 6.45) is 1.52. The number of halogens is 1. The monoisotopic (exact) mass is 349 g/mol. The molecule has 0 saturated carbocycles. The van der Waals surface area contributed by atoms with Gasteiger partial charge in [-0.3, -0.25) is 0 Å². The zero-order chi connectivity index (χ0) is 14.5. The molecular formula is C13H20BrNO3S. The highest BCUT2D eigenvalue weighted by molar-refractivity contribution is 9.10. The largest absolute Gasteiger partial charge is 0.396 e. The van der Waals surface area contributed by atoms with Crippen molar-refractivity contribution in [3.8, 4) is 0 Å². The molecular weight excluding hydrogens is 330 g/mol. The maximum absolute atomic E-state index is 12.1. The van der Waals surface area contributed by atoms with Crippen molar-refractivity contribution in [2.45, 2.75) is 31.6 Å². The Kier molecular flexibility index (Phi) is 6.46. The second-order valence-corrected chi connectivity index (χ2v) is 7.39. The molecule has 1 aromatic carbocycles. The minimum Gasteiger partial charge on any atom is -0.396 e. The van der Waals surface area contributed by atoms with Crippen LogP contribution in [0, 0.1) is 12.8 Å². The predicted molar refractivity (Wildman–Crippen MR) is 79.6 cm³/mol. The molecule has 1 aromatic rings. The van der Waals surface area contributed by atoms with Crippen LogP contribution in [0.15, 0.2) is 27.6 Å². The zero-order valence-corrected chi connectivity index (χ0v) is 13.6. The van der Waals surface area contributed by atoms with Crippen LogP contribution in [-0.2, 0) is 10.0 Å². The third kappa shape index (κ3) is 5.22. The Morgan fingerprint density at radius 2 is 2.11 bits per heavy atom. The average Bonchev–Trinajstić information content (AvgIpc) is 2.37. The quantitative estimate of drug-likeness (QED) is 0.743. The fourth-order valence-corrected chi connectivity index (χ4v) is 3.54. The molecule has 1 rings (SSSR count). The highest BCUT2D eigenvalue weighted by atomic mass is 79.9. The van der Waals surface area contributed by atoms with E-state index in [1.807, 2.05) is 13.0 Å². The van der Waals surface area contributed by atoms with E-state index in [1.54, 1.807) is 19.1 Å². The van der Waals surface area contributed by atoms with E-state index in [2.05, 4.69) is 20.7 Å². The molecule has 0 bridgehead atoms. The van der Waals surface area contributed by atoms with E-state index < -0.39 is 10.0 Å². The summed E-state index contributed by atoms with van der Waals surface area (Å²) in [6, 6.07) is 5.19. The molecule has 0 saturated heterocycles. The molecule has 19 heavy (non-hydrogen) atoms. The molecule has 2 N–H and O–H groups in total. The minimum absolute atomic E-state index is 0.136. The molecule has 0 aromatic heterocycles. The lowest BCUT2D eigenvalue weighted by molar-refractivity contribution is 0.228. The summed E-state index contributed by atoms with van der Waals surface area (Å²) in [4.78, 5) is 0.303. The van der Waals surface area contributed by atoms with Crippen molar-refractivity contribution in [3.63, 3.8) is 0 Å². The summed E-state index contributed by atoms with van der Waals surface area (Å²) in [5, 5.41) is 8.90. The molecule has 6 heteroatoms. The van der Waals surface area contributed by atoms with Gasteiger partial charge in [0.2, 0.25) is 10.0 Å². The van der Waals surface area contributed by atoms with Gasteiger partial charge in [0.15, 0.2) is 0 Å². The molecule has 0 radical (unpaired) electrons. The second-order valence-electron chi connectivity index (χ2n) is 4.74. The normalized spacial score (nSPS) is 13.5. The number of rotatable bonds is 7. The van der Waals surface area contributed by atoms with E-state index in [9.17, 15) is 8.42 Å². The van der Waals surface area contributed by atoms with Crippen LogP contribution in [0.1, 0.15) is 25.3 Å². The van der Waals surface area contributed by atoms with E-state index >= 15 is 0 Å². The lowest BCUT2D eigenvalue weighted by atomic mass is 10.1. The molecule has 108 valence electrons. The maximum atomic E-state index is 12.1. The van der Waals surface area contributed by atoms with Crippen LogP contribution in [-0.4, -0.2) is 26.7 Å². The van der Waals surface area contributed by atoms with Crippen LogP contribution in [0.3, 0.4) is 0 Å². The van der Waals surface area contributed by atoms with Gasteiger partial charge in [-0.25, -0.2) is 13.1 Å². The molecule has 0 spiro atoms. The summed E-state index contributed by atoms with van der Waals surface area (Å²) in [5.41, 5.74) is 0.722. The standard InChI is InChI=1S/C13H20BrNO3S/c1-10(9-16)4-3-7-15-19(17,18)13-8-12(14)6-5-11(13)2/h5-6,8,10,15-16H,3-4,7,9H2,1-2H3. The molecule has 0 aliphatic heterocycles. The predicted octanol–water partition coefficient (Wildman–Crippen LogP) is 2.44. The first kappa shape index (κ1) is 16.6. The fraction of sp³-hybridized carbons (Fsp3) is 0.538. The third-order valence-electron chi connectivity index (χ3n) is 2.92. The van der Waals surface area contributed by atoms with Gasteiger partial charge in [0.25, 0.3) is 0 Å². The Hall–Kier alpha value is -0.430. The number of sulfonamides is 1. The molecule has 4 nitrogen and oxygen atoms in total. The first-order valence-corrected chi connectivity index (χ1v) is 8.51. The van der Waals surface area contributed by atoms with Crippen molar-refractivity contribution < 1.29 is 13.5 Å². The van der Waals surface area contributed by atoms with Crippen LogP contribution in [0.2, 0.25) is 0 Å². The third-order valence-corrected chi connectivity index (χ3v) is 5.01. The zero-order valence-electron chi connectivity index (χ0n) is 11.2. The number of hydrogen-bond acceptors (Lipinski definition) is 3. The van der Waals surface area contributed by atoms with Gasteiger partial charge < -0.3 is 5.11 Å². The molecule has 0 aliphatic rings. The lowest BCUT2D eigenvalue weighted by Crippen LogP contribution is -2.26. The van der Waals surface area contributed by atoms with Crippen LogP contribution < -0.4 is 4.72 Å². The second kappa shape index (κ2) is 7.38. The first-order valence-electron chi connectivity index (χ1n) is 6.23. The SMILES string of the molecule is Cc1ccc(Br)cc1S(=O)(=O)NCCCC(C)CO. The van der Waals surface area contributed by atoms with Crippen molar-refractivity contribution in [3.05, 3.63) is 28.2 Å². The van der Waals surface area contributed by atoms with Crippen molar-refractivity contribution in [2.75, 3.05) is 13.2 Å². The van der Waals surface area contributed by atoms with E-state index in [-0.39, 0.29) is 12.5 Å². The maximum Gasteiger partial charge on any atom is 0.240 e. The highest BCUT2D eigenvalue weighted by Crippen LogP contribution is 2.20. The number of aliphatic hydroxyl groups is 1. The van der Waals surface area contributed by atoms with E-state index in [1.165, 1.54) is 0 Å². The number of benzene rings is 1. The number of nitrogens with one attached hydrogen (secondary N) is 1. The Labute approximate surface area is 123 Å². The molecule has 0 fully saturated rings. The molecule has 0 aliphatic carbocycles. The summed E-state index contributed by atoms with van der Waals surface area (Å²) in [6.45, 7) is 4.23. The topological polar surface area (TPSA) is 66.4 Å². The van der Waals surface area contributed by atoms with Gasteiger partial charge in [-0.15, -0.1) is 0 Å². The smallest absolute Gasteiger partial charge is 0.240 e. The summed E-state index contributed by atoms with van der Waals surface area (Å²) >= 11 is 3.28. The van der Waals surface area contributed by atoms with Gasteiger partial charge in [0, 0.05) is 17.6 Å². The van der Waals surface area contributed by atoms with Gasteiger partial charge in [0.1, 0.15) is 0 Å². The Morgan fingerprint density at radius 1 is 1.42 bits per heavy atom. The Balaban J connectivity index is 2.64. The summed E-state index contributed by atoms with van der Waals surface area (Å²) < 4.78 is 27.6. The Morgan fingerprint density at radius 3 is 2.74 bits per heavy atom.